The third kappa shape index (κ3) is 2.49. The van der Waals surface area contributed by atoms with E-state index in [0.29, 0.717) is 6.54 Å². The van der Waals surface area contributed by atoms with E-state index in [1.54, 1.807) is 11.3 Å². The fourth-order valence-electron chi connectivity index (χ4n) is 1.59. The van der Waals surface area contributed by atoms with Crippen molar-refractivity contribution < 1.29 is 0 Å². The van der Waals surface area contributed by atoms with E-state index < -0.39 is 0 Å². The van der Waals surface area contributed by atoms with Crippen molar-refractivity contribution in [2.75, 3.05) is 6.54 Å². The highest BCUT2D eigenvalue weighted by Gasteiger charge is 2.03. The third-order valence-electron chi connectivity index (χ3n) is 2.57. The minimum absolute atomic E-state index is 0.668. The van der Waals surface area contributed by atoms with Gasteiger partial charge in [0.25, 0.3) is 0 Å². The molecular formula is C13H16N2S. The summed E-state index contributed by atoms with van der Waals surface area (Å²) in [5.41, 5.74) is 9.13. The van der Waals surface area contributed by atoms with Crippen LogP contribution in [0.5, 0.6) is 0 Å². The zero-order valence-corrected chi connectivity index (χ0v) is 10.3. The Morgan fingerprint density at radius 1 is 1.25 bits per heavy atom. The van der Waals surface area contributed by atoms with Crippen molar-refractivity contribution in [3.05, 3.63) is 40.2 Å². The van der Waals surface area contributed by atoms with E-state index in [1.165, 1.54) is 11.1 Å². The number of nitrogens with zero attached hydrogens (tertiary/aromatic N) is 1. The van der Waals surface area contributed by atoms with Gasteiger partial charge in [-0.1, -0.05) is 31.2 Å². The maximum atomic E-state index is 5.51. The summed E-state index contributed by atoms with van der Waals surface area (Å²) in [5.74, 6) is 0. The second-order valence-corrected chi connectivity index (χ2v) is 4.66. The molecule has 0 saturated carbocycles. The second-order valence-electron chi connectivity index (χ2n) is 3.72. The molecule has 2 N–H and O–H groups in total. The molecule has 1 aromatic carbocycles. The molecule has 0 aliphatic carbocycles. The van der Waals surface area contributed by atoms with Crippen LogP contribution in [0.2, 0.25) is 0 Å². The van der Waals surface area contributed by atoms with Crippen LogP contribution in [-0.2, 0) is 12.8 Å². The van der Waals surface area contributed by atoms with Gasteiger partial charge in [-0.25, -0.2) is 4.98 Å². The summed E-state index contributed by atoms with van der Waals surface area (Å²) in [5, 5.41) is 3.23. The Morgan fingerprint density at radius 3 is 2.62 bits per heavy atom. The minimum atomic E-state index is 0.668. The van der Waals surface area contributed by atoms with E-state index in [0.717, 1.165) is 23.5 Å². The van der Waals surface area contributed by atoms with Crippen LogP contribution in [0, 0.1) is 0 Å². The molecule has 0 saturated heterocycles. The molecule has 0 aliphatic heterocycles. The van der Waals surface area contributed by atoms with Crippen molar-refractivity contribution in [1.29, 1.82) is 0 Å². The number of rotatable bonds is 4. The quantitative estimate of drug-likeness (QED) is 0.880. The lowest BCUT2D eigenvalue weighted by molar-refractivity contribution is 0.954. The molecule has 1 heterocycles. The van der Waals surface area contributed by atoms with Crippen molar-refractivity contribution in [2.45, 2.75) is 19.8 Å². The summed E-state index contributed by atoms with van der Waals surface area (Å²) in [6.45, 7) is 2.83. The van der Waals surface area contributed by atoms with Gasteiger partial charge in [0.15, 0.2) is 0 Å². The number of hydrogen-bond donors (Lipinski definition) is 1. The van der Waals surface area contributed by atoms with Crippen LogP contribution in [0.4, 0.5) is 0 Å². The lowest BCUT2D eigenvalue weighted by Crippen LogP contribution is -2.01. The van der Waals surface area contributed by atoms with Crippen LogP contribution < -0.4 is 5.73 Å². The van der Waals surface area contributed by atoms with Gasteiger partial charge < -0.3 is 5.73 Å². The topological polar surface area (TPSA) is 38.9 Å². The number of hydrogen-bond acceptors (Lipinski definition) is 3. The summed E-state index contributed by atoms with van der Waals surface area (Å²) in [4.78, 5) is 4.56. The average molecular weight is 232 g/mol. The van der Waals surface area contributed by atoms with Gasteiger partial charge in [-0.3, -0.25) is 0 Å². The molecule has 0 fully saturated rings. The summed E-state index contributed by atoms with van der Waals surface area (Å²) in [7, 11) is 0. The molecule has 0 aliphatic rings. The van der Waals surface area contributed by atoms with Gasteiger partial charge in [0.2, 0.25) is 0 Å². The fraction of sp³-hybridized carbons (Fsp3) is 0.308. The molecule has 1 aromatic heterocycles. The Kier molecular flexibility index (Phi) is 3.70. The Hall–Kier alpha value is -1.19. The molecule has 0 amide bonds. The van der Waals surface area contributed by atoms with E-state index in [1.807, 2.05) is 0 Å². The predicted octanol–water partition coefficient (Wildman–Crippen LogP) is 2.87. The molecule has 3 heteroatoms. The predicted molar refractivity (Wildman–Crippen MR) is 69.7 cm³/mol. The maximum Gasteiger partial charge on any atom is 0.0945 e. The van der Waals surface area contributed by atoms with Crippen molar-refractivity contribution >= 4 is 11.3 Å². The first-order chi connectivity index (χ1) is 7.83. The van der Waals surface area contributed by atoms with Crippen LogP contribution in [0.15, 0.2) is 29.6 Å². The van der Waals surface area contributed by atoms with Crippen molar-refractivity contribution in [2.24, 2.45) is 5.73 Å². The Labute approximate surface area is 100 Å². The van der Waals surface area contributed by atoms with Gasteiger partial charge in [0.1, 0.15) is 0 Å². The van der Waals surface area contributed by atoms with Crippen LogP contribution in [0.1, 0.15) is 17.5 Å². The zero-order chi connectivity index (χ0) is 11.4. The Balaban J connectivity index is 2.21. The summed E-state index contributed by atoms with van der Waals surface area (Å²) >= 11 is 1.69. The molecule has 0 bridgehead atoms. The largest absolute Gasteiger partial charge is 0.330 e. The monoisotopic (exact) mass is 232 g/mol. The SMILES string of the molecule is CCc1ccc(-c2csc(CCN)n2)cc1. The first kappa shape index (κ1) is 11.3. The molecule has 0 unspecified atom stereocenters. The van der Waals surface area contributed by atoms with Gasteiger partial charge in [0.05, 0.1) is 10.7 Å². The molecule has 0 atom stereocenters. The number of nitrogens with two attached hydrogens (primary N) is 1. The number of aromatic nitrogens is 1. The van der Waals surface area contributed by atoms with Crippen molar-refractivity contribution in [1.82, 2.24) is 4.98 Å². The Bertz CT molecular complexity index is 445. The average Bonchev–Trinajstić information content (AvgIpc) is 2.78. The van der Waals surface area contributed by atoms with Crippen LogP contribution in [0.25, 0.3) is 11.3 Å². The number of thiazole rings is 1. The van der Waals surface area contributed by atoms with Gasteiger partial charge in [-0.2, -0.15) is 0 Å². The number of aryl methyl sites for hydroxylation is 1. The summed E-state index contributed by atoms with van der Waals surface area (Å²) < 4.78 is 0. The van der Waals surface area contributed by atoms with E-state index in [-0.39, 0.29) is 0 Å². The number of benzene rings is 1. The molecule has 0 radical (unpaired) electrons. The summed E-state index contributed by atoms with van der Waals surface area (Å²) in [6, 6.07) is 8.61. The van der Waals surface area contributed by atoms with Crippen molar-refractivity contribution in [3.8, 4) is 11.3 Å². The third-order valence-corrected chi connectivity index (χ3v) is 3.48. The molecule has 2 rings (SSSR count). The molecule has 16 heavy (non-hydrogen) atoms. The highest BCUT2D eigenvalue weighted by atomic mass is 32.1. The molecular weight excluding hydrogens is 216 g/mol. The highest BCUT2D eigenvalue weighted by molar-refractivity contribution is 7.09. The standard InChI is InChI=1S/C13H16N2S/c1-2-10-3-5-11(6-4-10)12-9-16-13(15-12)7-8-14/h3-6,9H,2,7-8,14H2,1H3. The van der Waals surface area contributed by atoms with Crippen molar-refractivity contribution in [3.63, 3.8) is 0 Å². The highest BCUT2D eigenvalue weighted by Crippen LogP contribution is 2.22. The Morgan fingerprint density at radius 2 is 2.00 bits per heavy atom. The van der Waals surface area contributed by atoms with Crippen LogP contribution in [-0.4, -0.2) is 11.5 Å². The minimum Gasteiger partial charge on any atom is -0.330 e. The molecule has 84 valence electrons. The van der Waals surface area contributed by atoms with E-state index in [2.05, 4.69) is 41.6 Å². The normalized spacial score (nSPS) is 10.6. The van der Waals surface area contributed by atoms with Gasteiger partial charge in [-0.05, 0) is 18.5 Å². The zero-order valence-electron chi connectivity index (χ0n) is 9.44. The fourth-order valence-corrected chi connectivity index (χ4v) is 2.42. The maximum absolute atomic E-state index is 5.51. The first-order valence-corrected chi connectivity index (χ1v) is 6.45. The molecule has 2 nitrogen and oxygen atoms in total. The van der Waals surface area contributed by atoms with Gasteiger partial charge in [0, 0.05) is 17.4 Å². The van der Waals surface area contributed by atoms with Gasteiger partial charge >= 0.3 is 0 Å². The van der Waals surface area contributed by atoms with E-state index in [4.69, 9.17) is 5.73 Å². The molecule has 2 aromatic rings. The lowest BCUT2D eigenvalue weighted by atomic mass is 10.1. The summed E-state index contributed by atoms with van der Waals surface area (Å²) in [6.07, 6.45) is 1.95. The lowest BCUT2D eigenvalue weighted by Gasteiger charge is -1.99. The molecule has 0 spiro atoms. The van der Waals surface area contributed by atoms with Gasteiger partial charge in [-0.15, -0.1) is 11.3 Å². The van der Waals surface area contributed by atoms with E-state index in [9.17, 15) is 0 Å². The first-order valence-electron chi connectivity index (χ1n) is 5.57. The van der Waals surface area contributed by atoms with E-state index >= 15 is 0 Å². The smallest absolute Gasteiger partial charge is 0.0945 e. The van der Waals surface area contributed by atoms with Crippen LogP contribution in [0.3, 0.4) is 0 Å². The second kappa shape index (κ2) is 5.23. The van der Waals surface area contributed by atoms with Crippen LogP contribution >= 0.6 is 11.3 Å².